The molecule has 0 atom stereocenters. The van der Waals surface area contributed by atoms with E-state index in [4.69, 9.17) is 18.0 Å². The van der Waals surface area contributed by atoms with Crippen LogP contribution in [0, 0.1) is 0 Å². The summed E-state index contributed by atoms with van der Waals surface area (Å²) in [5, 5.41) is 0. The average Bonchev–Trinajstić information content (AvgIpc) is 2.39. The molecule has 0 aromatic heterocycles. The Morgan fingerprint density at radius 2 is 1.90 bits per heavy atom. The Balaban J connectivity index is 1.91. The fourth-order valence-corrected chi connectivity index (χ4v) is 2.68. The smallest absolute Gasteiger partial charge is 0.219 e. The monoisotopic (exact) mass is 291 g/mol. The van der Waals surface area contributed by atoms with Crippen molar-refractivity contribution in [1.82, 2.24) is 9.80 Å². The molecule has 1 aliphatic rings. The molecule has 5 heteroatoms. The first kappa shape index (κ1) is 14.9. The number of carbonyl (C=O) groups is 1. The van der Waals surface area contributed by atoms with Crippen molar-refractivity contribution in [3.8, 4) is 0 Å². The van der Waals surface area contributed by atoms with Crippen LogP contribution in [0.1, 0.15) is 18.1 Å². The first-order valence-electron chi connectivity index (χ1n) is 6.88. The molecule has 4 nitrogen and oxygen atoms in total. The molecular formula is C15H21N3OS. The minimum Gasteiger partial charge on any atom is -0.393 e. The molecule has 1 aliphatic heterocycles. The van der Waals surface area contributed by atoms with E-state index in [1.54, 1.807) is 6.92 Å². The van der Waals surface area contributed by atoms with Gasteiger partial charge in [0.2, 0.25) is 5.91 Å². The van der Waals surface area contributed by atoms with Gasteiger partial charge in [0, 0.05) is 46.1 Å². The van der Waals surface area contributed by atoms with Crippen molar-refractivity contribution in [1.29, 1.82) is 0 Å². The number of benzene rings is 1. The predicted molar refractivity (Wildman–Crippen MR) is 84.5 cm³/mol. The summed E-state index contributed by atoms with van der Waals surface area (Å²) in [5.41, 5.74) is 8.02. The van der Waals surface area contributed by atoms with Crippen molar-refractivity contribution in [2.75, 3.05) is 26.2 Å². The summed E-state index contributed by atoms with van der Waals surface area (Å²) in [6, 6.07) is 8.39. The third kappa shape index (κ3) is 4.28. The summed E-state index contributed by atoms with van der Waals surface area (Å²) >= 11 is 4.95. The zero-order valence-corrected chi connectivity index (χ0v) is 12.7. The maximum absolute atomic E-state index is 11.3. The average molecular weight is 291 g/mol. The van der Waals surface area contributed by atoms with Crippen molar-refractivity contribution in [3.63, 3.8) is 0 Å². The highest BCUT2D eigenvalue weighted by Crippen LogP contribution is 2.11. The van der Waals surface area contributed by atoms with E-state index in [1.165, 1.54) is 5.56 Å². The van der Waals surface area contributed by atoms with Gasteiger partial charge >= 0.3 is 0 Å². The van der Waals surface area contributed by atoms with Crippen LogP contribution in [0.2, 0.25) is 0 Å². The molecule has 1 amide bonds. The van der Waals surface area contributed by atoms with E-state index in [2.05, 4.69) is 29.2 Å². The quantitative estimate of drug-likeness (QED) is 0.846. The number of hydrogen-bond acceptors (Lipinski definition) is 3. The third-order valence-electron chi connectivity index (χ3n) is 3.59. The molecule has 1 saturated heterocycles. The van der Waals surface area contributed by atoms with Crippen molar-refractivity contribution in [2.24, 2.45) is 5.73 Å². The Morgan fingerprint density at radius 1 is 1.25 bits per heavy atom. The van der Waals surface area contributed by atoms with E-state index >= 15 is 0 Å². The molecule has 1 fully saturated rings. The van der Waals surface area contributed by atoms with Crippen molar-refractivity contribution >= 4 is 23.1 Å². The van der Waals surface area contributed by atoms with E-state index in [0.717, 1.165) is 38.3 Å². The molecule has 108 valence electrons. The topological polar surface area (TPSA) is 49.6 Å². The van der Waals surface area contributed by atoms with Gasteiger partial charge in [0.15, 0.2) is 0 Å². The Labute approximate surface area is 125 Å². The lowest BCUT2D eigenvalue weighted by Gasteiger charge is -2.34. The number of hydrogen-bond donors (Lipinski definition) is 1. The number of nitrogens with zero attached hydrogens (tertiary/aromatic N) is 2. The predicted octanol–water partition coefficient (Wildman–Crippen LogP) is 1.18. The van der Waals surface area contributed by atoms with Gasteiger partial charge in [-0.3, -0.25) is 9.69 Å². The molecule has 2 N–H and O–H groups in total. The third-order valence-corrected chi connectivity index (χ3v) is 3.74. The maximum atomic E-state index is 11.3. The van der Waals surface area contributed by atoms with Crippen LogP contribution in [-0.2, 0) is 17.8 Å². The normalized spacial score (nSPS) is 16.1. The number of rotatable bonds is 4. The highest BCUT2D eigenvalue weighted by molar-refractivity contribution is 7.80. The summed E-state index contributed by atoms with van der Waals surface area (Å²) in [6.45, 7) is 6.05. The zero-order valence-electron chi connectivity index (χ0n) is 11.8. The zero-order chi connectivity index (χ0) is 14.5. The minimum absolute atomic E-state index is 0.170. The second kappa shape index (κ2) is 6.81. The Morgan fingerprint density at radius 3 is 2.50 bits per heavy atom. The molecule has 2 rings (SSSR count). The van der Waals surface area contributed by atoms with Gasteiger partial charge < -0.3 is 10.6 Å². The minimum atomic E-state index is 0.170. The van der Waals surface area contributed by atoms with Crippen LogP contribution >= 0.6 is 12.2 Å². The molecule has 0 radical (unpaired) electrons. The van der Waals surface area contributed by atoms with Crippen molar-refractivity contribution in [3.05, 3.63) is 35.4 Å². The van der Waals surface area contributed by atoms with Gasteiger partial charge in [-0.05, 0) is 11.1 Å². The van der Waals surface area contributed by atoms with Gasteiger partial charge in [-0.2, -0.15) is 0 Å². The Bertz CT molecular complexity index is 496. The highest BCUT2D eigenvalue weighted by atomic mass is 32.1. The lowest BCUT2D eigenvalue weighted by atomic mass is 10.1. The standard InChI is InChI=1S/C15H21N3OS/c1-12(19)18-7-5-17(6-8-18)11-14-4-2-3-13(9-14)10-15(16)20/h2-4,9H,5-8,10-11H2,1H3,(H2,16,20). The van der Waals surface area contributed by atoms with Crippen LogP contribution in [0.25, 0.3) is 0 Å². The van der Waals surface area contributed by atoms with E-state index in [-0.39, 0.29) is 5.91 Å². The van der Waals surface area contributed by atoms with Crippen LogP contribution < -0.4 is 5.73 Å². The lowest BCUT2D eigenvalue weighted by Crippen LogP contribution is -2.47. The van der Waals surface area contributed by atoms with Gasteiger partial charge in [0.05, 0.1) is 4.99 Å². The second-order valence-corrected chi connectivity index (χ2v) is 5.77. The Kier molecular flexibility index (Phi) is 5.09. The first-order valence-corrected chi connectivity index (χ1v) is 7.29. The number of nitrogens with two attached hydrogens (primary N) is 1. The van der Waals surface area contributed by atoms with Crippen LogP contribution in [-0.4, -0.2) is 46.9 Å². The van der Waals surface area contributed by atoms with E-state index in [9.17, 15) is 4.79 Å². The SMILES string of the molecule is CC(=O)N1CCN(Cc2cccc(CC(N)=S)c2)CC1. The largest absolute Gasteiger partial charge is 0.393 e. The molecule has 0 saturated carbocycles. The van der Waals surface area contributed by atoms with Gasteiger partial charge in [-0.1, -0.05) is 36.5 Å². The summed E-state index contributed by atoms with van der Waals surface area (Å²) in [5.74, 6) is 0.170. The van der Waals surface area contributed by atoms with E-state index < -0.39 is 0 Å². The summed E-state index contributed by atoms with van der Waals surface area (Å²) in [7, 11) is 0. The van der Waals surface area contributed by atoms with Crippen molar-refractivity contribution in [2.45, 2.75) is 19.9 Å². The van der Waals surface area contributed by atoms with Crippen LogP contribution in [0.15, 0.2) is 24.3 Å². The molecular weight excluding hydrogens is 270 g/mol. The van der Waals surface area contributed by atoms with Crippen molar-refractivity contribution < 1.29 is 4.79 Å². The number of amides is 1. The number of carbonyl (C=O) groups excluding carboxylic acids is 1. The fraction of sp³-hybridized carbons (Fsp3) is 0.467. The maximum Gasteiger partial charge on any atom is 0.219 e. The van der Waals surface area contributed by atoms with Crippen LogP contribution in [0.4, 0.5) is 0 Å². The second-order valence-electron chi connectivity index (χ2n) is 5.25. The van der Waals surface area contributed by atoms with Crippen LogP contribution in [0.3, 0.4) is 0 Å². The molecule has 1 heterocycles. The Hall–Kier alpha value is -1.46. The van der Waals surface area contributed by atoms with E-state index in [0.29, 0.717) is 11.4 Å². The molecule has 0 spiro atoms. The van der Waals surface area contributed by atoms with Crippen LogP contribution in [0.5, 0.6) is 0 Å². The molecule has 0 bridgehead atoms. The fourth-order valence-electron chi connectivity index (χ4n) is 2.52. The van der Waals surface area contributed by atoms with Gasteiger partial charge in [-0.15, -0.1) is 0 Å². The van der Waals surface area contributed by atoms with Gasteiger partial charge in [0.1, 0.15) is 0 Å². The first-order chi connectivity index (χ1) is 9.54. The number of thiocarbonyl (C=S) groups is 1. The highest BCUT2D eigenvalue weighted by Gasteiger charge is 2.18. The molecule has 1 aromatic carbocycles. The van der Waals surface area contributed by atoms with E-state index in [1.807, 2.05) is 4.90 Å². The van der Waals surface area contributed by atoms with Gasteiger partial charge in [-0.25, -0.2) is 0 Å². The summed E-state index contributed by atoms with van der Waals surface area (Å²) in [4.78, 5) is 16.1. The number of piperazine rings is 1. The van der Waals surface area contributed by atoms with Gasteiger partial charge in [0.25, 0.3) is 0 Å². The summed E-state index contributed by atoms with van der Waals surface area (Å²) < 4.78 is 0. The molecule has 20 heavy (non-hydrogen) atoms. The molecule has 0 unspecified atom stereocenters. The molecule has 1 aromatic rings. The lowest BCUT2D eigenvalue weighted by molar-refractivity contribution is -0.130. The summed E-state index contributed by atoms with van der Waals surface area (Å²) in [6.07, 6.45) is 0.654. The molecule has 0 aliphatic carbocycles.